The summed E-state index contributed by atoms with van der Waals surface area (Å²) in [6, 6.07) is 6.68. The first-order valence-electron chi connectivity index (χ1n) is 7.23. The molecule has 2 aliphatic heterocycles. The van der Waals surface area contributed by atoms with E-state index in [1.807, 2.05) is 6.07 Å². The molecule has 4 heteroatoms. The molecule has 0 saturated carbocycles. The highest BCUT2D eigenvalue weighted by Gasteiger charge is 2.29. The van der Waals surface area contributed by atoms with Crippen LogP contribution in [-0.4, -0.2) is 38.4 Å². The predicted octanol–water partition coefficient (Wildman–Crippen LogP) is 1.40. The van der Waals surface area contributed by atoms with Crippen LogP contribution in [0.4, 0.5) is 11.4 Å². The van der Waals surface area contributed by atoms with Crippen molar-refractivity contribution in [2.75, 3.05) is 36.9 Å². The van der Waals surface area contributed by atoms with E-state index in [1.165, 1.54) is 17.7 Å². The highest BCUT2D eigenvalue weighted by Crippen LogP contribution is 2.31. The van der Waals surface area contributed by atoms with E-state index in [9.17, 15) is 0 Å². The summed E-state index contributed by atoms with van der Waals surface area (Å²) in [4.78, 5) is 2.48. The fourth-order valence-electron chi connectivity index (χ4n) is 3.17. The summed E-state index contributed by atoms with van der Waals surface area (Å²) in [5, 5.41) is 3.42. The van der Waals surface area contributed by atoms with Gasteiger partial charge in [0.1, 0.15) is 0 Å². The third-order valence-corrected chi connectivity index (χ3v) is 4.24. The molecular formula is C15H23N3O. The second-order valence-corrected chi connectivity index (χ2v) is 5.54. The molecule has 2 unspecified atom stereocenters. The Hall–Kier alpha value is -1.26. The molecule has 0 aliphatic carbocycles. The quantitative estimate of drug-likeness (QED) is 0.790. The van der Waals surface area contributed by atoms with Gasteiger partial charge in [0, 0.05) is 31.0 Å². The highest BCUT2D eigenvalue weighted by atomic mass is 16.5. The van der Waals surface area contributed by atoms with Gasteiger partial charge in [0.15, 0.2) is 0 Å². The molecule has 3 N–H and O–H groups in total. The molecule has 19 heavy (non-hydrogen) atoms. The molecule has 1 saturated heterocycles. The molecule has 2 atom stereocenters. The van der Waals surface area contributed by atoms with Crippen LogP contribution in [-0.2, 0) is 11.2 Å². The molecular weight excluding hydrogens is 238 g/mol. The van der Waals surface area contributed by atoms with Crippen molar-refractivity contribution in [3.63, 3.8) is 0 Å². The third-order valence-electron chi connectivity index (χ3n) is 4.24. The van der Waals surface area contributed by atoms with Crippen molar-refractivity contribution >= 4 is 11.4 Å². The zero-order valence-corrected chi connectivity index (χ0v) is 11.6. The van der Waals surface area contributed by atoms with E-state index in [0.29, 0.717) is 6.04 Å². The first kappa shape index (κ1) is 12.8. The fourth-order valence-corrected chi connectivity index (χ4v) is 3.17. The molecule has 4 nitrogen and oxygen atoms in total. The van der Waals surface area contributed by atoms with Crippen LogP contribution in [0.3, 0.4) is 0 Å². The maximum absolute atomic E-state index is 5.90. The number of nitrogens with one attached hydrogen (secondary N) is 1. The van der Waals surface area contributed by atoms with Gasteiger partial charge in [-0.25, -0.2) is 0 Å². The second kappa shape index (κ2) is 5.39. The average Bonchev–Trinajstić information content (AvgIpc) is 2.46. The van der Waals surface area contributed by atoms with E-state index >= 15 is 0 Å². The molecule has 0 bridgehead atoms. The summed E-state index contributed by atoms with van der Waals surface area (Å²) in [6.45, 7) is 6.11. The van der Waals surface area contributed by atoms with Gasteiger partial charge in [0.25, 0.3) is 0 Å². The molecule has 2 heterocycles. The van der Waals surface area contributed by atoms with Crippen molar-refractivity contribution < 1.29 is 4.74 Å². The first-order chi connectivity index (χ1) is 9.25. The Labute approximate surface area is 114 Å². The van der Waals surface area contributed by atoms with Gasteiger partial charge in [0.2, 0.25) is 0 Å². The standard InChI is InChI=1S/C15H23N3O/c1-11(15-10-17-6-8-19-15)18-7-2-3-12-9-13(16)4-5-14(12)18/h4-5,9,11,15,17H,2-3,6-8,10,16H2,1H3. The van der Waals surface area contributed by atoms with E-state index in [0.717, 1.165) is 38.3 Å². The maximum Gasteiger partial charge on any atom is 0.0900 e. The summed E-state index contributed by atoms with van der Waals surface area (Å²) in [5.41, 5.74) is 9.47. The number of morpholine rings is 1. The molecule has 0 spiro atoms. The lowest BCUT2D eigenvalue weighted by atomic mass is 9.98. The Bertz CT molecular complexity index is 443. The largest absolute Gasteiger partial charge is 0.399 e. The molecule has 0 aromatic heterocycles. The average molecular weight is 261 g/mol. The second-order valence-electron chi connectivity index (χ2n) is 5.54. The number of ether oxygens (including phenoxy) is 1. The molecule has 104 valence electrons. The minimum atomic E-state index is 0.275. The molecule has 1 fully saturated rings. The minimum Gasteiger partial charge on any atom is -0.399 e. The first-order valence-corrected chi connectivity index (χ1v) is 7.23. The number of hydrogen-bond acceptors (Lipinski definition) is 4. The van der Waals surface area contributed by atoms with Crippen LogP contribution in [0.25, 0.3) is 0 Å². The lowest BCUT2D eigenvalue weighted by Gasteiger charge is -2.41. The van der Waals surface area contributed by atoms with E-state index in [1.54, 1.807) is 0 Å². The molecule has 1 aromatic carbocycles. The number of fused-ring (bicyclic) bond motifs is 1. The van der Waals surface area contributed by atoms with Gasteiger partial charge >= 0.3 is 0 Å². The lowest BCUT2D eigenvalue weighted by Crippen LogP contribution is -2.52. The minimum absolute atomic E-state index is 0.275. The van der Waals surface area contributed by atoms with E-state index in [-0.39, 0.29) is 6.10 Å². The molecule has 2 aliphatic rings. The molecule has 0 amide bonds. The van der Waals surface area contributed by atoms with E-state index in [2.05, 4.69) is 29.3 Å². The number of benzene rings is 1. The van der Waals surface area contributed by atoms with Crippen molar-refractivity contribution in [2.24, 2.45) is 0 Å². The topological polar surface area (TPSA) is 50.5 Å². The highest BCUT2D eigenvalue weighted by molar-refractivity contribution is 5.61. The van der Waals surface area contributed by atoms with Crippen LogP contribution in [0.2, 0.25) is 0 Å². The summed E-state index contributed by atoms with van der Waals surface area (Å²) < 4.78 is 5.90. The smallest absolute Gasteiger partial charge is 0.0900 e. The van der Waals surface area contributed by atoms with Gasteiger partial charge in [-0.05, 0) is 43.5 Å². The Morgan fingerprint density at radius 1 is 1.47 bits per heavy atom. The number of rotatable bonds is 2. The molecule has 0 radical (unpaired) electrons. The lowest BCUT2D eigenvalue weighted by molar-refractivity contribution is 0.0142. The maximum atomic E-state index is 5.90. The van der Waals surface area contributed by atoms with Crippen LogP contribution >= 0.6 is 0 Å². The van der Waals surface area contributed by atoms with Gasteiger partial charge in [-0.1, -0.05) is 0 Å². The summed E-state index contributed by atoms with van der Waals surface area (Å²) in [6.07, 6.45) is 2.60. The predicted molar refractivity (Wildman–Crippen MR) is 78.6 cm³/mol. The van der Waals surface area contributed by atoms with Gasteiger partial charge < -0.3 is 20.7 Å². The van der Waals surface area contributed by atoms with Gasteiger partial charge in [-0.15, -0.1) is 0 Å². The number of hydrogen-bond donors (Lipinski definition) is 2. The van der Waals surface area contributed by atoms with Crippen LogP contribution in [0, 0.1) is 0 Å². The van der Waals surface area contributed by atoms with Crippen LogP contribution in [0.15, 0.2) is 18.2 Å². The Morgan fingerprint density at radius 3 is 3.16 bits per heavy atom. The van der Waals surface area contributed by atoms with Crippen molar-refractivity contribution in [1.82, 2.24) is 5.32 Å². The van der Waals surface area contributed by atoms with E-state index < -0.39 is 0 Å². The molecule has 3 rings (SSSR count). The summed E-state index contributed by atoms with van der Waals surface area (Å²) in [5.74, 6) is 0. The zero-order chi connectivity index (χ0) is 13.2. The van der Waals surface area contributed by atoms with E-state index in [4.69, 9.17) is 10.5 Å². The number of anilines is 2. The number of nitrogens with two attached hydrogens (primary N) is 1. The summed E-state index contributed by atoms with van der Waals surface area (Å²) in [7, 11) is 0. The van der Waals surface area contributed by atoms with Crippen molar-refractivity contribution in [2.45, 2.75) is 31.9 Å². The van der Waals surface area contributed by atoms with Crippen LogP contribution < -0.4 is 16.0 Å². The SMILES string of the molecule is CC(C1CNCCO1)N1CCCc2cc(N)ccc21. The van der Waals surface area contributed by atoms with Crippen molar-refractivity contribution in [1.29, 1.82) is 0 Å². The van der Waals surface area contributed by atoms with Crippen molar-refractivity contribution in [3.05, 3.63) is 23.8 Å². The van der Waals surface area contributed by atoms with Crippen LogP contribution in [0.1, 0.15) is 18.9 Å². The Morgan fingerprint density at radius 2 is 2.37 bits per heavy atom. The zero-order valence-electron chi connectivity index (χ0n) is 11.6. The number of nitrogen functional groups attached to an aromatic ring is 1. The fraction of sp³-hybridized carbons (Fsp3) is 0.600. The van der Waals surface area contributed by atoms with Gasteiger partial charge in [-0.2, -0.15) is 0 Å². The Kier molecular flexibility index (Phi) is 3.62. The van der Waals surface area contributed by atoms with Crippen LogP contribution in [0.5, 0.6) is 0 Å². The number of nitrogens with zero attached hydrogens (tertiary/aromatic N) is 1. The normalized spacial score (nSPS) is 24.9. The summed E-state index contributed by atoms with van der Waals surface area (Å²) >= 11 is 0. The third kappa shape index (κ3) is 2.55. The van der Waals surface area contributed by atoms with Crippen molar-refractivity contribution in [3.8, 4) is 0 Å². The number of aryl methyl sites for hydroxylation is 1. The molecule has 1 aromatic rings. The van der Waals surface area contributed by atoms with Gasteiger partial charge in [0.05, 0.1) is 18.8 Å². The monoisotopic (exact) mass is 261 g/mol. The Balaban J connectivity index is 1.82. The van der Waals surface area contributed by atoms with Gasteiger partial charge in [-0.3, -0.25) is 0 Å².